The molecule has 0 aliphatic rings. The largest absolute Gasteiger partial charge is 2.00 e. The standard InChI is InChI=1S/C4H7NO4.Mg.2H2O/c5-2(4(8)9)1-3(6)7;;;/h2H,1,5H2,(H,6,7)(H,8,9);;2*1H2/q;+2;;/p-2/t2-;;;/m0.../s1. The molecule has 68 valence electrons. The average Bonchev–Trinajstić information content (AvgIpc) is 1.63. The van der Waals surface area contributed by atoms with E-state index in [4.69, 9.17) is 5.73 Å². The van der Waals surface area contributed by atoms with E-state index in [0.717, 1.165) is 0 Å². The summed E-state index contributed by atoms with van der Waals surface area (Å²) in [6.07, 6.45) is -0.706. The molecule has 0 unspecified atom stereocenters. The van der Waals surface area contributed by atoms with E-state index < -0.39 is 24.4 Å². The Labute approximate surface area is 84.3 Å². The van der Waals surface area contributed by atoms with Crippen molar-refractivity contribution in [3.8, 4) is 0 Å². The van der Waals surface area contributed by atoms with Crippen molar-refractivity contribution in [2.75, 3.05) is 0 Å². The van der Waals surface area contributed by atoms with E-state index in [2.05, 4.69) is 0 Å². The van der Waals surface area contributed by atoms with E-state index in [1.165, 1.54) is 0 Å². The maximum atomic E-state index is 9.71. The van der Waals surface area contributed by atoms with Gasteiger partial charge in [-0.15, -0.1) is 0 Å². The van der Waals surface area contributed by atoms with Gasteiger partial charge in [-0.2, -0.15) is 0 Å². The van der Waals surface area contributed by atoms with Crippen LogP contribution in [0.3, 0.4) is 0 Å². The van der Waals surface area contributed by atoms with Crippen LogP contribution in [0.25, 0.3) is 0 Å². The molecular formula is C4H9MgNO6. The molecule has 0 heterocycles. The first-order chi connectivity index (χ1) is 4.04. The number of carboxylic acids is 2. The molecule has 0 aliphatic heterocycles. The summed E-state index contributed by atoms with van der Waals surface area (Å²) in [5, 5.41) is 19.3. The van der Waals surface area contributed by atoms with Gasteiger partial charge in [-0.25, -0.2) is 0 Å². The first kappa shape index (κ1) is 22.6. The summed E-state index contributed by atoms with van der Waals surface area (Å²) in [5.74, 6) is -3.08. The number of hydrogen-bond donors (Lipinski definition) is 1. The Hall–Kier alpha value is -0.414. The first-order valence-corrected chi connectivity index (χ1v) is 2.20. The number of hydrogen-bond acceptors (Lipinski definition) is 5. The monoisotopic (exact) mass is 191 g/mol. The van der Waals surface area contributed by atoms with Gasteiger partial charge < -0.3 is 36.5 Å². The molecule has 6 N–H and O–H groups in total. The van der Waals surface area contributed by atoms with Crippen LogP contribution in [0.4, 0.5) is 0 Å². The van der Waals surface area contributed by atoms with Crippen LogP contribution in [0.15, 0.2) is 0 Å². The van der Waals surface area contributed by atoms with E-state index in [-0.39, 0.29) is 34.0 Å². The minimum Gasteiger partial charge on any atom is -0.550 e. The fourth-order valence-corrected chi connectivity index (χ4v) is 0.263. The number of carboxylic acid groups (broad SMARTS) is 2. The van der Waals surface area contributed by atoms with Gasteiger partial charge in [0.1, 0.15) is 0 Å². The van der Waals surface area contributed by atoms with Crippen LogP contribution in [0.1, 0.15) is 6.42 Å². The molecule has 0 aliphatic carbocycles. The van der Waals surface area contributed by atoms with E-state index in [0.29, 0.717) is 0 Å². The Morgan fingerprint density at radius 1 is 1.25 bits per heavy atom. The molecule has 0 radical (unpaired) electrons. The van der Waals surface area contributed by atoms with Crippen LogP contribution in [-0.2, 0) is 9.59 Å². The number of nitrogens with two attached hydrogens (primary N) is 1. The molecule has 0 fully saturated rings. The van der Waals surface area contributed by atoms with Crippen molar-refractivity contribution in [1.82, 2.24) is 0 Å². The van der Waals surface area contributed by atoms with Crippen LogP contribution < -0.4 is 15.9 Å². The molecule has 0 aromatic carbocycles. The SMILES string of the molecule is N[C@@H](CC(=O)[O-])C(=O)[O-].O.O.[Mg+2]. The third kappa shape index (κ3) is 12.3. The molecule has 0 aromatic heterocycles. The molecule has 0 spiro atoms. The Kier molecular flexibility index (Phi) is 19.9. The zero-order valence-corrected chi connectivity index (χ0v) is 7.62. The zero-order chi connectivity index (χ0) is 7.44. The van der Waals surface area contributed by atoms with Crippen molar-refractivity contribution >= 4 is 35.0 Å². The van der Waals surface area contributed by atoms with Gasteiger partial charge >= 0.3 is 23.1 Å². The van der Waals surface area contributed by atoms with Gasteiger partial charge in [0.25, 0.3) is 0 Å². The Morgan fingerprint density at radius 3 is 1.67 bits per heavy atom. The molecule has 0 amide bonds. The normalized spacial score (nSPS) is 9.42. The van der Waals surface area contributed by atoms with E-state index >= 15 is 0 Å². The number of aliphatic carboxylic acids is 2. The van der Waals surface area contributed by atoms with Gasteiger partial charge in [-0.3, -0.25) is 0 Å². The summed E-state index contributed by atoms with van der Waals surface area (Å²) < 4.78 is 0. The van der Waals surface area contributed by atoms with Gasteiger partial charge in [0.05, 0.1) is 5.97 Å². The van der Waals surface area contributed by atoms with E-state index in [1.807, 2.05) is 0 Å². The predicted molar refractivity (Wildman–Crippen MR) is 35.6 cm³/mol. The molecule has 12 heavy (non-hydrogen) atoms. The maximum absolute atomic E-state index is 9.71. The quantitative estimate of drug-likeness (QED) is 0.437. The first-order valence-electron chi connectivity index (χ1n) is 2.20. The zero-order valence-electron chi connectivity index (χ0n) is 6.20. The third-order valence-corrected chi connectivity index (χ3v) is 0.689. The summed E-state index contributed by atoms with van der Waals surface area (Å²) in [7, 11) is 0. The molecular weight excluding hydrogens is 182 g/mol. The smallest absolute Gasteiger partial charge is 0.550 e. The summed E-state index contributed by atoms with van der Waals surface area (Å²) in [5.41, 5.74) is 4.73. The Balaban J connectivity index is -0.000000107. The summed E-state index contributed by atoms with van der Waals surface area (Å²) in [4.78, 5) is 19.3. The van der Waals surface area contributed by atoms with Gasteiger partial charge in [0.15, 0.2) is 0 Å². The van der Waals surface area contributed by atoms with Crippen molar-refractivity contribution < 1.29 is 30.8 Å². The molecule has 1 atom stereocenters. The topological polar surface area (TPSA) is 169 Å². The second kappa shape index (κ2) is 10.6. The van der Waals surface area contributed by atoms with Gasteiger partial charge in [0, 0.05) is 18.4 Å². The number of carbonyl (C=O) groups is 2. The molecule has 7 nitrogen and oxygen atoms in total. The van der Waals surface area contributed by atoms with Gasteiger partial charge in [-0.05, 0) is 0 Å². The summed E-state index contributed by atoms with van der Waals surface area (Å²) >= 11 is 0. The molecule has 0 bridgehead atoms. The molecule has 0 aromatic rings. The predicted octanol–water partition coefficient (Wildman–Crippen LogP) is -5.83. The van der Waals surface area contributed by atoms with Crippen LogP contribution in [0, 0.1) is 0 Å². The van der Waals surface area contributed by atoms with Crippen molar-refractivity contribution in [3.05, 3.63) is 0 Å². The molecule has 0 rings (SSSR count). The second-order valence-electron chi connectivity index (χ2n) is 1.50. The Bertz CT molecular complexity index is 140. The maximum Gasteiger partial charge on any atom is 2.00 e. The van der Waals surface area contributed by atoms with E-state index in [1.54, 1.807) is 0 Å². The van der Waals surface area contributed by atoms with Crippen molar-refractivity contribution in [1.29, 1.82) is 0 Å². The number of carbonyl (C=O) groups excluding carboxylic acids is 2. The fourth-order valence-electron chi connectivity index (χ4n) is 0.263. The average molecular weight is 191 g/mol. The van der Waals surface area contributed by atoms with Crippen LogP contribution >= 0.6 is 0 Å². The van der Waals surface area contributed by atoms with E-state index in [9.17, 15) is 19.8 Å². The van der Waals surface area contributed by atoms with Crippen LogP contribution in [0.2, 0.25) is 0 Å². The van der Waals surface area contributed by atoms with Crippen molar-refractivity contribution in [3.63, 3.8) is 0 Å². The van der Waals surface area contributed by atoms with Gasteiger partial charge in [-0.1, -0.05) is 0 Å². The third-order valence-electron chi connectivity index (χ3n) is 0.689. The molecule has 0 saturated heterocycles. The molecule has 0 saturated carbocycles. The second-order valence-corrected chi connectivity index (χ2v) is 1.50. The van der Waals surface area contributed by atoms with Crippen LogP contribution in [-0.4, -0.2) is 52.0 Å². The molecule has 8 heteroatoms. The van der Waals surface area contributed by atoms with Crippen LogP contribution in [0.5, 0.6) is 0 Å². The van der Waals surface area contributed by atoms with Gasteiger partial charge in [0.2, 0.25) is 0 Å². The summed E-state index contributed by atoms with van der Waals surface area (Å²) in [6, 6.07) is -1.46. The fraction of sp³-hybridized carbons (Fsp3) is 0.500. The number of rotatable bonds is 3. The Morgan fingerprint density at radius 2 is 1.58 bits per heavy atom. The minimum atomic E-state index is -1.58. The van der Waals surface area contributed by atoms with Crippen molar-refractivity contribution in [2.45, 2.75) is 12.5 Å². The van der Waals surface area contributed by atoms with Crippen molar-refractivity contribution in [2.24, 2.45) is 5.73 Å². The summed E-state index contributed by atoms with van der Waals surface area (Å²) in [6.45, 7) is 0. The minimum absolute atomic E-state index is 0.